The van der Waals surface area contributed by atoms with Gasteiger partial charge in [0.25, 0.3) is 0 Å². The maximum absolute atomic E-state index is 5.23. The van der Waals surface area contributed by atoms with E-state index in [2.05, 4.69) is 38.0 Å². The monoisotopic (exact) mass is 299 g/mol. The smallest absolute Gasteiger partial charge is 0.185 e. The molecule has 1 heterocycles. The second kappa shape index (κ2) is 9.32. The van der Waals surface area contributed by atoms with E-state index in [9.17, 15) is 0 Å². The Balaban J connectivity index is 2.78. The first-order valence-corrected chi connectivity index (χ1v) is 8.36. The molecule has 1 aromatic rings. The fraction of sp³-hybridized carbons (Fsp3) is 0.800. The molecule has 0 spiro atoms. The largest absolute Gasteiger partial charge is 0.383 e. The molecule has 0 saturated heterocycles. The summed E-state index contributed by atoms with van der Waals surface area (Å²) in [5.74, 6) is 0. The first-order chi connectivity index (χ1) is 9.63. The number of hydrogen-bond donors (Lipinski definition) is 1. The van der Waals surface area contributed by atoms with Crippen LogP contribution in [0.5, 0.6) is 0 Å². The maximum atomic E-state index is 5.23. The van der Waals surface area contributed by atoms with E-state index < -0.39 is 0 Å². The van der Waals surface area contributed by atoms with E-state index in [-0.39, 0.29) is 0 Å². The van der Waals surface area contributed by atoms with Gasteiger partial charge < -0.3 is 15.0 Å². The Morgan fingerprint density at radius 1 is 1.35 bits per heavy atom. The Kier molecular flexibility index (Phi) is 8.11. The lowest BCUT2D eigenvalue weighted by Crippen LogP contribution is -2.32. The van der Waals surface area contributed by atoms with Crippen molar-refractivity contribution in [1.82, 2.24) is 10.3 Å². The summed E-state index contributed by atoms with van der Waals surface area (Å²) in [5.41, 5.74) is 1.26. The first-order valence-electron chi connectivity index (χ1n) is 7.55. The number of hydrogen-bond acceptors (Lipinski definition) is 5. The molecule has 0 aliphatic rings. The van der Waals surface area contributed by atoms with E-state index in [1.807, 2.05) is 11.3 Å². The number of aryl methyl sites for hydroxylation is 1. The molecule has 20 heavy (non-hydrogen) atoms. The summed E-state index contributed by atoms with van der Waals surface area (Å²) in [4.78, 5) is 8.43. The van der Waals surface area contributed by atoms with Gasteiger partial charge in [0.1, 0.15) is 0 Å². The zero-order valence-electron chi connectivity index (χ0n) is 13.5. The van der Waals surface area contributed by atoms with Gasteiger partial charge in [-0.05, 0) is 26.3 Å². The molecule has 0 fully saturated rings. The summed E-state index contributed by atoms with van der Waals surface area (Å²) in [6.45, 7) is 9.29. The SMILES string of the molecule is CCCNCc1sc(N(C)C(C)COC)nc1CCC. The number of likely N-dealkylation sites (N-methyl/N-ethyl adjacent to an activating group) is 1. The minimum absolute atomic E-state index is 0.345. The fourth-order valence-corrected chi connectivity index (χ4v) is 3.15. The molecule has 116 valence electrons. The molecule has 0 aliphatic carbocycles. The van der Waals surface area contributed by atoms with Crippen LogP contribution in [-0.4, -0.2) is 38.3 Å². The van der Waals surface area contributed by atoms with Gasteiger partial charge in [0.15, 0.2) is 5.13 Å². The van der Waals surface area contributed by atoms with E-state index in [1.165, 1.54) is 17.0 Å². The van der Waals surface area contributed by atoms with Crippen LogP contribution in [0.4, 0.5) is 5.13 Å². The second-order valence-electron chi connectivity index (χ2n) is 5.21. The molecule has 0 bridgehead atoms. The summed E-state index contributed by atoms with van der Waals surface area (Å²) in [6.07, 6.45) is 3.37. The molecular weight excluding hydrogens is 270 g/mol. The van der Waals surface area contributed by atoms with Gasteiger partial charge in [0, 0.05) is 25.6 Å². The van der Waals surface area contributed by atoms with Crippen LogP contribution in [-0.2, 0) is 17.7 Å². The number of nitrogens with zero attached hydrogens (tertiary/aromatic N) is 2. The van der Waals surface area contributed by atoms with Crippen molar-refractivity contribution in [3.8, 4) is 0 Å². The molecule has 0 saturated carbocycles. The van der Waals surface area contributed by atoms with Crippen molar-refractivity contribution in [3.63, 3.8) is 0 Å². The van der Waals surface area contributed by atoms with Gasteiger partial charge in [0.05, 0.1) is 18.3 Å². The van der Waals surface area contributed by atoms with Crippen LogP contribution < -0.4 is 10.2 Å². The van der Waals surface area contributed by atoms with Crippen LogP contribution in [0.25, 0.3) is 0 Å². The number of methoxy groups -OCH3 is 1. The molecular formula is C15H29N3OS. The zero-order chi connectivity index (χ0) is 15.0. The van der Waals surface area contributed by atoms with Gasteiger partial charge >= 0.3 is 0 Å². The fourth-order valence-electron chi connectivity index (χ4n) is 2.01. The summed E-state index contributed by atoms with van der Waals surface area (Å²) in [7, 11) is 3.84. The van der Waals surface area contributed by atoms with Crippen LogP contribution in [0.2, 0.25) is 0 Å². The Hall–Kier alpha value is -0.650. The molecule has 1 unspecified atom stereocenters. The van der Waals surface area contributed by atoms with Gasteiger partial charge in [-0.2, -0.15) is 0 Å². The van der Waals surface area contributed by atoms with E-state index in [0.717, 1.165) is 37.7 Å². The lowest BCUT2D eigenvalue weighted by atomic mass is 10.2. The summed E-state index contributed by atoms with van der Waals surface area (Å²) in [6, 6.07) is 0.345. The number of rotatable bonds is 10. The van der Waals surface area contributed by atoms with E-state index in [1.54, 1.807) is 7.11 Å². The summed E-state index contributed by atoms with van der Waals surface area (Å²) >= 11 is 1.81. The number of nitrogens with one attached hydrogen (secondary N) is 1. The highest BCUT2D eigenvalue weighted by Crippen LogP contribution is 2.27. The van der Waals surface area contributed by atoms with Gasteiger partial charge in [0.2, 0.25) is 0 Å². The Morgan fingerprint density at radius 2 is 2.10 bits per heavy atom. The van der Waals surface area contributed by atoms with Crippen molar-refractivity contribution < 1.29 is 4.74 Å². The minimum Gasteiger partial charge on any atom is -0.383 e. The van der Waals surface area contributed by atoms with Crippen molar-refractivity contribution in [2.45, 2.75) is 52.6 Å². The quantitative estimate of drug-likeness (QED) is 0.674. The third-order valence-electron chi connectivity index (χ3n) is 3.34. The van der Waals surface area contributed by atoms with Crippen molar-refractivity contribution in [2.75, 3.05) is 32.2 Å². The Bertz CT molecular complexity index is 381. The second-order valence-corrected chi connectivity index (χ2v) is 6.27. The first kappa shape index (κ1) is 17.4. The molecule has 1 atom stereocenters. The van der Waals surface area contributed by atoms with Crippen LogP contribution in [0.1, 0.15) is 44.2 Å². The topological polar surface area (TPSA) is 37.4 Å². The molecule has 0 aromatic carbocycles. The molecule has 4 nitrogen and oxygen atoms in total. The highest BCUT2D eigenvalue weighted by atomic mass is 32.1. The van der Waals surface area contributed by atoms with Crippen LogP contribution in [0, 0.1) is 0 Å². The van der Waals surface area contributed by atoms with Crippen molar-refractivity contribution in [3.05, 3.63) is 10.6 Å². The Morgan fingerprint density at radius 3 is 2.70 bits per heavy atom. The highest BCUT2D eigenvalue weighted by Gasteiger charge is 2.17. The predicted molar refractivity (Wildman–Crippen MR) is 87.8 cm³/mol. The average Bonchev–Trinajstić information content (AvgIpc) is 2.82. The van der Waals surface area contributed by atoms with Crippen molar-refractivity contribution in [1.29, 1.82) is 0 Å². The lowest BCUT2D eigenvalue weighted by Gasteiger charge is -2.23. The van der Waals surface area contributed by atoms with Crippen LogP contribution in [0.3, 0.4) is 0 Å². The van der Waals surface area contributed by atoms with Crippen molar-refractivity contribution >= 4 is 16.5 Å². The minimum atomic E-state index is 0.345. The Labute approximate surface area is 127 Å². The van der Waals surface area contributed by atoms with E-state index in [0.29, 0.717) is 6.04 Å². The molecule has 0 aliphatic heterocycles. The van der Waals surface area contributed by atoms with Crippen LogP contribution in [0.15, 0.2) is 0 Å². The predicted octanol–water partition coefficient (Wildman–Crippen LogP) is 3.07. The summed E-state index contributed by atoms with van der Waals surface area (Å²) in [5, 5.41) is 4.59. The molecule has 0 amide bonds. The van der Waals surface area contributed by atoms with Crippen molar-refractivity contribution in [2.24, 2.45) is 0 Å². The number of thiazole rings is 1. The molecule has 0 radical (unpaired) electrons. The highest BCUT2D eigenvalue weighted by molar-refractivity contribution is 7.15. The van der Waals surface area contributed by atoms with Crippen LogP contribution >= 0.6 is 11.3 Å². The number of aromatic nitrogens is 1. The molecule has 1 rings (SSSR count). The maximum Gasteiger partial charge on any atom is 0.185 e. The molecule has 5 heteroatoms. The normalized spacial score (nSPS) is 12.7. The number of anilines is 1. The third-order valence-corrected chi connectivity index (χ3v) is 4.53. The van der Waals surface area contributed by atoms with Gasteiger partial charge in [-0.15, -0.1) is 11.3 Å². The number of ether oxygens (including phenoxy) is 1. The molecule has 1 N–H and O–H groups in total. The molecule has 1 aromatic heterocycles. The average molecular weight is 299 g/mol. The summed E-state index contributed by atoms with van der Waals surface area (Å²) < 4.78 is 5.23. The standard InChI is InChI=1S/C15H29N3OS/c1-6-8-13-14(10-16-9-7-2)20-15(17-13)18(4)12(3)11-19-5/h12,16H,6-11H2,1-5H3. The van der Waals surface area contributed by atoms with E-state index in [4.69, 9.17) is 9.72 Å². The zero-order valence-corrected chi connectivity index (χ0v) is 14.3. The van der Waals surface area contributed by atoms with E-state index >= 15 is 0 Å². The van der Waals surface area contributed by atoms with Gasteiger partial charge in [-0.1, -0.05) is 20.3 Å². The van der Waals surface area contributed by atoms with Gasteiger partial charge in [-0.25, -0.2) is 4.98 Å². The third kappa shape index (κ3) is 5.04. The van der Waals surface area contributed by atoms with Gasteiger partial charge in [-0.3, -0.25) is 0 Å². The lowest BCUT2D eigenvalue weighted by molar-refractivity contribution is 0.183.